The molecule has 2 aliphatic rings. The highest BCUT2D eigenvalue weighted by molar-refractivity contribution is 5.95. The number of para-hydroxylation sites is 1. The minimum Gasteiger partial charge on any atom is -0.496 e. The molecule has 8 nitrogen and oxygen atoms in total. The molecule has 3 rings (SSSR count). The van der Waals surface area contributed by atoms with Crippen molar-refractivity contribution in [1.29, 1.82) is 0 Å². The summed E-state index contributed by atoms with van der Waals surface area (Å²) in [6, 6.07) is 6.36. The monoisotopic (exact) mass is 376 g/mol. The van der Waals surface area contributed by atoms with Gasteiger partial charge in [-0.3, -0.25) is 0 Å². The number of methoxy groups -OCH3 is 1. The average molecular weight is 376 g/mol. The lowest BCUT2D eigenvalue weighted by Gasteiger charge is -2.32. The van der Waals surface area contributed by atoms with E-state index in [0.717, 1.165) is 13.1 Å². The number of carbonyl (C=O) groups is 2. The van der Waals surface area contributed by atoms with Gasteiger partial charge in [0.25, 0.3) is 0 Å². The zero-order chi connectivity index (χ0) is 19.2. The van der Waals surface area contributed by atoms with Crippen molar-refractivity contribution in [1.82, 2.24) is 10.6 Å². The van der Waals surface area contributed by atoms with Crippen LogP contribution in [0.15, 0.2) is 35.5 Å². The molecule has 1 saturated heterocycles. The number of hydrogen-bond acceptors (Lipinski definition) is 5. The van der Waals surface area contributed by atoms with Crippen molar-refractivity contribution in [3.63, 3.8) is 0 Å². The van der Waals surface area contributed by atoms with Gasteiger partial charge in [0, 0.05) is 5.56 Å². The first-order valence-electron chi connectivity index (χ1n) is 9.16. The highest BCUT2D eigenvalue weighted by atomic mass is 16.5. The van der Waals surface area contributed by atoms with Crippen LogP contribution in [0.3, 0.4) is 0 Å². The molecule has 146 valence electrons. The predicted octanol–water partition coefficient (Wildman–Crippen LogP) is -0.219. The van der Waals surface area contributed by atoms with Crippen LogP contribution in [-0.4, -0.2) is 58.6 Å². The van der Waals surface area contributed by atoms with Gasteiger partial charge in [-0.05, 0) is 13.0 Å². The zero-order valence-corrected chi connectivity index (χ0v) is 15.7. The van der Waals surface area contributed by atoms with Gasteiger partial charge >= 0.3 is 12.0 Å². The molecule has 8 heteroatoms. The lowest BCUT2D eigenvalue weighted by atomic mass is 9.94. The Hall–Kier alpha value is -2.58. The van der Waals surface area contributed by atoms with E-state index in [1.165, 1.54) is 4.90 Å². The molecule has 0 aliphatic carbocycles. The predicted molar refractivity (Wildman–Crippen MR) is 97.4 cm³/mol. The standard InChI is InChI=1S/C19H25N3O5/c1-3-27-18(23)16-14(12-22-8-10-26-11-9-22)20-19(24)21-17(16)13-6-4-5-7-15(13)25-2/h4-7,17H,3,8-12H2,1-2H3,(H2,20,21,24)/p+1/t17-/m1/s1. The van der Waals surface area contributed by atoms with Crippen molar-refractivity contribution in [3.8, 4) is 5.75 Å². The Balaban J connectivity index is 2.02. The number of esters is 1. The molecule has 1 aromatic rings. The van der Waals surface area contributed by atoms with Crippen molar-refractivity contribution in [3.05, 3.63) is 41.1 Å². The molecule has 1 aromatic carbocycles. The molecule has 0 saturated carbocycles. The summed E-state index contributed by atoms with van der Waals surface area (Å²) in [5.41, 5.74) is 1.72. The van der Waals surface area contributed by atoms with Crippen LogP contribution in [-0.2, 0) is 14.3 Å². The number of benzene rings is 1. The van der Waals surface area contributed by atoms with E-state index < -0.39 is 12.0 Å². The third kappa shape index (κ3) is 4.40. The second-order valence-electron chi connectivity index (χ2n) is 6.43. The Morgan fingerprint density at radius 3 is 2.74 bits per heavy atom. The van der Waals surface area contributed by atoms with Gasteiger partial charge in [-0.2, -0.15) is 0 Å². The number of rotatable bonds is 6. The first kappa shape index (κ1) is 19.2. The molecule has 1 fully saturated rings. The highest BCUT2D eigenvalue weighted by Crippen LogP contribution is 2.33. The van der Waals surface area contributed by atoms with Crippen LogP contribution in [0.25, 0.3) is 0 Å². The summed E-state index contributed by atoms with van der Waals surface area (Å²) < 4.78 is 16.1. The lowest BCUT2D eigenvalue weighted by molar-refractivity contribution is -0.903. The van der Waals surface area contributed by atoms with Crippen LogP contribution >= 0.6 is 0 Å². The molecule has 3 N–H and O–H groups in total. The van der Waals surface area contributed by atoms with Crippen LogP contribution in [0.1, 0.15) is 18.5 Å². The van der Waals surface area contributed by atoms with Gasteiger partial charge in [0.2, 0.25) is 0 Å². The van der Waals surface area contributed by atoms with Crippen molar-refractivity contribution in [2.45, 2.75) is 13.0 Å². The molecule has 0 unspecified atom stereocenters. The van der Waals surface area contributed by atoms with E-state index in [0.29, 0.717) is 42.3 Å². The Labute approximate surface area is 158 Å². The summed E-state index contributed by atoms with van der Waals surface area (Å²) in [5.74, 6) is 0.160. The maximum atomic E-state index is 12.8. The minimum atomic E-state index is -0.635. The van der Waals surface area contributed by atoms with E-state index in [2.05, 4.69) is 10.6 Å². The summed E-state index contributed by atoms with van der Waals surface area (Å²) in [7, 11) is 1.56. The number of urea groups is 1. The topological polar surface area (TPSA) is 90.3 Å². The number of morpholine rings is 1. The quantitative estimate of drug-likeness (QED) is 0.598. The van der Waals surface area contributed by atoms with Crippen molar-refractivity contribution in [2.75, 3.05) is 46.6 Å². The van der Waals surface area contributed by atoms with E-state index in [1.54, 1.807) is 20.1 Å². The second-order valence-corrected chi connectivity index (χ2v) is 6.43. The maximum Gasteiger partial charge on any atom is 0.338 e. The molecule has 1 atom stereocenters. The third-order valence-electron chi connectivity index (χ3n) is 4.73. The fourth-order valence-electron chi connectivity index (χ4n) is 3.43. The zero-order valence-electron chi connectivity index (χ0n) is 15.7. The Morgan fingerprint density at radius 2 is 2.04 bits per heavy atom. The van der Waals surface area contributed by atoms with E-state index >= 15 is 0 Å². The number of ether oxygens (including phenoxy) is 3. The second kappa shape index (κ2) is 8.88. The average Bonchev–Trinajstić information content (AvgIpc) is 2.68. The lowest BCUT2D eigenvalue weighted by Crippen LogP contribution is -3.14. The van der Waals surface area contributed by atoms with E-state index in [-0.39, 0.29) is 12.6 Å². The Kier molecular flexibility index (Phi) is 6.31. The molecule has 2 aliphatic heterocycles. The van der Waals surface area contributed by atoms with E-state index in [1.807, 2.05) is 18.2 Å². The Bertz CT molecular complexity index is 728. The van der Waals surface area contributed by atoms with Crippen LogP contribution < -0.4 is 20.3 Å². The van der Waals surface area contributed by atoms with Crippen molar-refractivity contribution >= 4 is 12.0 Å². The van der Waals surface area contributed by atoms with Gasteiger partial charge in [-0.25, -0.2) is 9.59 Å². The summed E-state index contributed by atoms with van der Waals surface area (Å²) in [5, 5.41) is 5.66. The number of quaternary nitrogens is 1. The number of nitrogens with one attached hydrogen (secondary N) is 3. The molecule has 0 bridgehead atoms. The highest BCUT2D eigenvalue weighted by Gasteiger charge is 2.36. The first-order valence-corrected chi connectivity index (χ1v) is 9.16. The fourth-order valence-corrected chi connectivity index (χ4v) is 3.43. The molecule has 0 spiro atoms. The smallest absolute Gasteiger partial charge is 0.338 e. The maximum absolute atomic E-state index is 12.8. The summed E-state index contributed by atoms with van der Waals surface area (Å²) in [6.45, 7) is 5.52. The van der Waals surface area contributed by atoms with E-state index in [4.69, 9.17) is 14.2 Å². The van der Waals surface area contributed by atoms with Crippen LogP contribution in [0.2, 0.25) is 0 Å². The normalized spacial score (nSPS) is 20.7. The molecule has 2 heterocycles. The van der Waals surface area contributed by atoms with E-state index in [9.17, 15) is 9.59 Å². The summed E-state index contributed by atoms with van der Waals surface area (Å²) in [6.07, 6.45) is 0. The summed E-state index contributed by atoms with van der Waals surface area (Å²) >= 11 is 0. The Morgan fingerprint density at radius 1 is 1.30 bits per heavy atom. The van der Waals surface area contributed by atoms with Gasteiger partial charge in [-0.15, -0.1) is 0 Å². The molecular weight excluding hydrogens is 350 g/mol. The number of carbonyl (C=O) groups excluding carboxylic acids is 2. The minimum absolute atomic E-state index is 0.257. The van der Waals surface area contributed by atoms with Gasteiger partial charge in [0.15, 0.2) is 0 Å². The SMILES string of the molecule is CCOC(=O)C1=C(C[NH+]2CCOCC2)NC(=O)N[C@@H]1c1ccccc1OC. The molecular formula is C19H26N3O5+. The third-order valence-corrected chi connectivity index (χ3v) is 4.73. The first-order chi connectivity index (χ1) is 13.1. The number of hydrogen-bond donors (Lipinski definition) is 3. The van der Waals surface area contributed by atoms with Gasteiger partial charge in [0.1, 0.15) is 25.4 Å². The van der Waals surface area contributed by atoms with Crippen LogP contribution in [0.5, 0.6) is 5.75 Å². The summed E-state index contributed by atoms with van der Waals surface area (Å²) in [4.78, 5) is 26.4. The number of amides is 2. The van der Waals surface area contributed by atoms with Crippen LogP contribution in [0, 0.1) is 0 Å². The molecule has 0 aromatic heterocycles. The largest absolute Gasteiger partial charge is 0.496 e. The molecule has 27 heavy (non-hydrogen) atoms. The fraction of sp³-hybridized carbons (Fsp3) is 0.474. The van der Waals surface area contributed by atoms with Crippen molar-refractivity contribution < 1.29 is 28.7 Å². The molecule has 2 amide bonds. The van der Waals surface area contributed by atoms with Gasteiger partial charge in [0.05, 0.1) is 44.2 Å². The molecule has 0 radical (unpaired) electrons. The van der Waals surface area contributed by atoms with Crippen molar-refractivity contribution in [2.24, 2.45) is 0 Å². The van der Waals surface area contributed by atoms with Crippen LogP contribution in [0.4, 0.5) is 4.79 Å². The van der Waals surface area contributed by atoms with Gasteiger partial charge in [-0.1, -0.05) is 18.2 Å². The van der Waals surface area contributed by atoms with Gasteiger partial charge < -0.3 is 29.7 Å².